The summed E-state index contributed by atoms with van der Waals surface area (Å²) < 4.78 is 12.0. The molecule has 0 spiro atoms. The summed E-state index contributed by atoms with van der Waals surface area (Å²) in [4.78, 5) is 44.9. The third-order valence-corrected chi connectivity index (χ3v) is 6.39. The molecule has 0 aromatic carbocycles. The lowest BCUT2D eigenvalue weighted by molar-refractivity contribution is -0.133. The number of nitrogens with zero attached hydrogens (tertiary/aromatic N) is 3. The zero-order valence-electron chi connectivity index (χ0n) is 19.7. The number of rotatable bonds is 8. The third-order valence-electron chi connectivity index (χ3n) is 6.39. The van der Waals surface area contributed by atoms with Gasteiger partial charge in [0.25, 0.3) is 5.91 Å². The average molecular weight is 449 g/mol. The third kappa shape index (κ3) is 5.14. The van der Waals surface area contributed by atoms with Gasteiger partial charge in [-0.15, -0.1) is 0 Å². The highest BCUT2D eigenvalue weighted by molar-refractivity contribution is 6.06. The number of carbonyl (C=O) groups excluding carboxylic acids is 3. The van der Waals surface area contributed by atoms with Gasteiger partial charge in [0.05, 0.1) is 26.1 Å². The van der Waals surface area contributed by atoms with Gasteiger partial charge < -0.3 is 24.3 Å². The van der Waals surface area contributed by atoms with E-state index in [0.29, 0.717) is 19.6 Å². The van der Waals surface area contributed by atoms with E-state index in [1.807, 2.05) is 13.8 Å². The van der Waals surface area contributed by atoms with Crippen LogP contribution in [0, 0.1) is 0 Å². The van der Waals surface area contributed by atoms with E-state index >= 15 is 0 Å². The number of amides is 2. The van der Waals surface area contributed by atoms with Crippen LogP contribution >= 0.6 is 0 Å². The van der Waals surface area contributed by atoms with E-state index in [-0.39, 0.29) is 36.0 Å². The summed E-state index contributed by atoms with van der Waals surface area (Å²) in [6.45, 7) is 6.74. The van der Waals surface area contributed by atoms with Crippen LogP contribution in [0.2, 0.25) is 0 Å². The quantitative estimate of drug-likeness (QED) is 0.372. The molecule has 9 nitrogen and oxygen atoms in total. The second-order valence-corrected chi connectivity index (χ2v) is 9.23. The summed E-state index contributed by atoms with van der Waals surface area (Å²) in [5, 5.41) is 3.21. The van der Waals surface area contributed by atoms with Crippen LogP contribution in [0.4, 0.5) is 0 Å². The van der Waals surface area contributed by atoms with Gasteiger partial charge in [0.1, 0.15) is 11.2 Å². The van der Waals surface area contributed by atoms with Gasteiger partial charge in [-0.1, -0.05) is 25.7 Å². The zero-order valence-corrected chi connectivity index (χ0v) is 19.7. The van der Waals surface area contributed by atoms with Crippen molar-refractivity contribution in [1.82, 2.24) is 19.8 Å². The Hall–Kier alpha value is -2.42. The largest absolute Gasteiger partial charge is 0.464 e. The average Bonchev–Trinajstić information content (AvgIpc) is 3.00. The van der Waals surface area contributed by atoms with Crippen LogP contribution in [0.3, 0.4) is 0 Å². The zero-order chi connectivity index (χ0) is 23.3. The van der Waals surface area contributed by atoms with Crippen LogP contribution in [-0.2, 0) is 20.8 Å². The minimum Gasteiger partial charge on any atom is -0.464 e. The predicted molar refractivity (Wildman–Crippen MR) is 118 cm³/mol. The van der Waals surface area contributed by atoms with Gasteiger partial charge in [-0.2, -0.15) is 0 Å². The number of methoxy groups -OCH3 is 1. The molecule has 178 valence electrons. The van der Waals surface area contributed by atoms with Crippen molar-refractivity contribution < 1.29 is 23.9 Å². The predicted octanol–water partition coefficient (Wildman–Crippen LogP) is 2.54. The van der Waals surface area contributed by atoms with Crippen molar-refractivity contribution in [1.29, 1.82) is 0 Å². The Morgan fingerprint density at radius 2 is 1.94 bits per heavy atom. The van der Waals surface area contributed by atoms with E-state index in [4.69, 9.17) is 9.47 Å². The molecule has 2 heterocycles. The van der Waals surface area contributed by atoms with Crippen LogP contribution in [0.5, 0.6) is 0 Å². The molecule has 0 saturated heterocycles. The smallest absolute Gasteiger partial charge is 0.359 e. The Kier molecular flexibility index (Phi) is 7.92. The van der Waals surface area contributed by atoms with Gasteiger partial charge in [0, 0.05) is 19.2 Å². The van der Waals surface area contributed by atoms with E-state index in [9.17, 15) is 14.4 Å². The number of nitrogens with one attached hydrogen (secondary N) is 1. The summed E-state index contributed by atoms with van der Waals surface area (Å²) in [7, 11) is 1.26. The molecule has 1 aliphatic carbocycles. The number of esters is 1. The van der Waals surface area contributed by atoms with Gasteiger partial charge in [0.15, 0.2) is 5.69 Å². The molecule has 1 aliphatic heterocycles. The summed E-state index contributed by atoms with van der Waals surface area (Å²) in [5.41, 5.74) is -0.948. The summed E-state index contributed by atoms with van der Waals surface area (Å²) in [6.07, 6.45) is 8.62. The Balaban J connectivity index is 1.86. The van der Waals surface area contributed by atoms with Crippen molar-refractivity contribution in [2.45, 2.75) is 89.9 Å². The number of aromatic nitrogens is 2. The lowest BCUT2D eigenvalue weighted by Crippen LogP contribution is -2.65. The Bertz CT molecular complexity index is 828. The maximum absolute atomic E-state index is 13.6. The SMILES string of the molecule is COC(=O)c1ncn2c1C(=O)N(CCCOC(C)C)[C@@](C)(C(=O)NC1CCCCCC1)C2. The molecule has 1 aromatic heterocycles. The summed E-state index contributed by atoms with van der Waals surface area (Å²) >= 11 is 0. The van der Waals surface area contributed by atoms with Crippen molar-refractivity contribution in [3.05, 3.63) is 17.7 Å². The first-order chi connectivity index (χ1) is 15.3. The highest BCUT2D eigenvalue weighted by Crippen LogP contribution is 2.30. The fraction of sp³-hybridized carbons (Fsp3) is 0.739. The number of hydrogen-bond acceptors (Lipinski definition) is 6. The first-order valence-electron chi connectivity index (χ1n) is 11.7. The maximum Gasteiger partial charge on any atom is 0.359 e. The fourth-order valence-electron chi connectivity index (χ4n) is 4.59. The van der Waals surface area contributed by atoms with E-state index in [1.165, 1.54) is 26.3 Å². The molecule has 1 atom stereocenters. The number of fused-ring (bicyclic) bond motifs is 1. The monoisotopic (exact) mass is 448 g/mol. The first kappa shape index (κ1) is 24.2. The second-order valence-electron chi connectivity index (χ2n) is 9.23. The molecule has 9 heteroatoms. The van der Waals surface area contributed by atoms with Crippen molar-refractivity contribution in [3.63, 3.8) is 0 Å². The number of ether oxygens (including phenoxy) is 2. The number of carbonyl (C=O) groups is 3. The lowest BCUT2D eigenvalue weighted by Gasteiger charge is -2.44. The standard InChI is InChI=1S/C23H36N4O5/c1-16(2)32-13-9-12-27-20(28)19-18(21(29)31-4)24-15-26(19)14-23(27,3)22(30)25-17-10-7-5-6-8-11-17/h15-17H,5-14H2,1-4H3,(H,25,30)/t23-/m1/s1. The van der Waals surface area contributed by atoms with Gasteiger partial charge in [-0.3, -0.25) is 9.59 Å². The maximum atomic E-state index is 13.6. The Morgan fingerprint density at radius 3 is 2.56 bits per heavy atom. The first-order valence-corrected chi connectivity index (χ1v) is 11.7. The van der Waals surface area contributed by atoms with Crippen molar-refractivity contribution >= 4 is 17.8 Å². The van der Waals surface area contributed by atoms with Crippen molar-refractivity contribution in [2.24, 2.45) is 0 Å². The molecule has 2 amide bonds. The van der Waals surface area contributed by atoms with Gasteiger partial charge in [-0.25, -0.2) is 9.78 Å². The number of hydrogen-bond donors (Lipinski definition) is 1. The minimum absolute atomic E-state index is 0.0212. The Morgan fingerprint density at radius 1 is 1.25 bits per heavy atom. The van der Waals surface area contributed by atoms with Gasteiger partial charge >= 0.3 is 5.97 Å². The molecule has 1 fully saturated rings. The molecule has 2 aliphatic rings. The molecule has 3 rings (SSSR count). The molecule has 0 radical (unpaired) electrons. The highest BCUT2D eigenvalue weighted by atomic mass is 16.5. The summed E-state index contributed by atoms with van der Waals surface area (Å²) in [6, 6.07) is 0.123. The Labute approximate surface area is 189 Å². The van der Waals surface area contributed by atoms with Crippen molar-refractivity contribution in [2.75, 3.05) is 20.3 Å². The fourth-order valence-corrected chi connectivity index (χ4v) is 4.59. The molecule has 1 N–H and O–H groups in total. The van der Waals surface area contributed by atoms with E-state index in [2.05, 4.69) is 10.3 Å². The van der Waals surface area contributed by atoms with E-state index in [1.54, 1.807) is 16.4 Å². The molecule has 1 aromatic rings. The normalized spacial score (nSPS) is 21.9. The molecular formula is C23H36N4O5. The van der Waals surface area contributed by atoms with Crippen LogP contribution in [0.1, 0.15) is 86.7 Å². The lowest BCUT2D eigenvalue weighted by atomic mass is 9.93. The number of imidazole rings is 1. The van der Waals surface area contributed by atoms with Crippen LogP contribution in [0.25, 0.3) is 0 Å². The summed E-state index contributed by atoms with van der Waals surface area (Å²) in [5.74, 6) is -1.22. The molecule has 1 saturated carbocycles. The highest BCUT2D eigenvalue weighted by Gasteiger charge is 2.49. The molecular weight excluding hydrogens is 412 g/mol. The van der Waals surface area contributed by atoms with E-state index in [0.717, 1.165) is 25.7 Å². The molecule has 0 unspecified atom stereocenters. The van der Waals surface area contributed by atoms with Crippen LogP contribution in [0.15, 0.2) is 6.33 Å². The van der Waals surface area contributed by atoms with Gasteiger partial charge in [-0.05, 0) is 40.0 Å². The van der Waals surface area contributed by atoms with Crippen LogP contribution < -0.4 is 5.32 Å². The van der Waals surface area contributed by atoms with E-state index < -0.39 is 17.4 Å². The molecule has 32 heavy (non-hydrogen) atoms. The topological polar surface area (TPSA) is 103 Å². The second kappa shape index (κ2) is 10.5. The molecule has 0 bridgehead atoms. The van der Waals surface area contributed by atoms with Crippen LogP contribution in [-0.4, -0.2) is 70.2 Å². The van der Waals surface area contributed by atoms with Gasteiger partial charge in [0.2, 0.25) is 5.91 Å². The minimum atomic E-state index is -1.09. The van der Waals surface area contributed by atoms with Crippen molar-refractivity contribution in [3.8, 4) is 0 Å².